The molecule has 0 saturated carbocycles. The molecule has 168 valence electrons. The van der Waals surface area contributed by atoms with Crippen LogP contribution in [0, 0.1) is 0 Å². The van der Waals surface area contributed by atoms with Crippen LogP contribution in [0.15, 0.2) is 29.6 Å². The van der Waals surface area contributed by atoms with Gasteiger partial charge in [0.15, 0.2) is 0 Å². The van der Waals surface area contributed by atoms with Crippen molar-refractivity contribution in [2.75, 3.05) is 58.3 Å². The highest BCUT2D eigenvalue weighted by Gasteiger charge is 2.24. The average molecular weight is 466 g/mol. The van der Waals surface area contributed by atoms with E-state index in [0.29, 0.717) is 54.2 Å². The zero-order valence-corrected chi connectivity index (χ0v) is 19.4. The monoisotopic (exact) mass is 465 g/mol. The number of nitrogens with one attached hydrogen (secondary N) is 1. The van der Waals surface area contributed by atoms with Crippen LogP contribution in [0.4, 0.5) is 10.5 Å². The van der Waals surface area contributed by atoms with Gasteiger partial charge in [-0.2, -0.15) is 0 Å². The Morgan fingerprint density at radius 3 is 2.58 bits per heavy atom. The summed E-state index contributed by atoms with van der Waals surface area (Å²) in [4.78, 5) is 35.9. The van der Waals surface area contributed by atoms with E-state index in [1.807, 2.05) is 4.90 Å². The molecule has 1 fully saturated rings. The van der Waals surface area contributed by atoms with Gasteiger partial charge < -0.3 is 24.8 Å². The van der Waals surface area contributed by atoms with Crippen LogP contribution in [0.2, 0.25) is 5.02 Å². The maximum Gasteiger partial charge on any atom is 0.322 e. The number of aromatic nitrogens is 1. The number of amides is 3. The quantitative estimate of drug-likeness (QED) is 0.647. The highest BCUT2D eigenvalue weighted by Crippen LogP contribution is 2.17. The van der Waals surface area contributed by atoms with E-state index in [9.17, 15) is 9.59 Å². The molecule has 1 aliphatic rings. The maximum atomic E-state index is 12.8. The SMILES string of the molecule is CCN1CCN(C(=O)c2csc(CN(CCOC)C(=O)Nc3ccc(Cl)cc3)n2)CC1. The fourth-order valence-corrected chi connectivity index (χ4v) is 4.17. The number of carbonyl (C=O) groups is 2. The molecule has 2 aromatic rings. The Labute approximate surface area is 191 Å². The number of hydrogen-bond acceptors (Lipinski definition) is 6. The first-order chi connectivity index (χ1) is 15.0. The summed E-state index contributed by atoms with van der Waals surface area (Å²) >= 11 is 7.29. The minimum atomic E-state index is -0.266. The summed E-state index contributed by atoms with van der Waals surface area (Å²) in [5.74, 6) is -0.0488. The number of carbonyl (C=O) groups excluding carboxylic acids is 2. The number of benzene rings is 1. The third kappa shape index (κ3) is 6.64. The average Bonchev–Trinajstić information content (AvgIpc) is 3.26. The van der Waals surface area contributed by atoms with Gasteiger partial charge in [-0.3, -0.25) is 4.79 Å². The standard InChI is InChI=1S/C21H28ClN5O3S/c1-3-25-8-10-26(11-9-25)20(28)18-15-31-19(24-18)14-27(12-13-30-2)21(29)23-17-6-4-16(22)5-7-17/h4-7,15H,3,8-14H2,1-2H3,(H,23,29). The van der Waals surface area contributed by atoms with E-state index in [0.717, 1.165) is 19.6 Å². The van der Waals surface area contributed by atoms with Gasteiger partial charge in [-0.05, 0) is 30.8 Å². The Kier molecular flexibility index (Phi) is 8.65. The van der Waals surface area contributed by atoms with Gasteiger partial charge in [0.05, 0.1) is 13.2 Å². The topological polar surface area (TPSA) is 78.0 Å². The van der Waals surface area contributed by atoms with Crippen molar-refractivity contribution in [1.82, 2.24) is 19.7 Å². The smallest absolute Gasteiger partial charge is 0.322 e. The molecule has 8 nitrogen and oxygen atoms in total. The maximum absolute atomic E-state index is 12.8. The third-order valence-electron chi connectivity index (χ3n) is 5.15. The number of rotatable bonds is 8. The number of ether oxygens (including phenoxy) is 1. The molecule has 1 N–H and O–H groups in total. The van der Waals surface area contributed by atoms with E-state index in [4.69, 9.17) is 16.3 Å². The molecule has 0 bridgehead atoms. The summed E-state index contributed by atoms with van der Waals surface area (Å²) < 4.78 is 5.15. The normalized spacial score (nSPS) is 14.5. The largest absolute Gasteiger partial charge is 0.383 e. The molecule has 3 amide bonds. The van der Waals surface area contributed by atoms with E-state index < -0.39 is 0 Å². The summed E-state index contributed by atoms with van der Waals surface area (Å²) in [5.41, 5.74) is 1.09. The van der Waals surface area contributed by atoms with Crippen molar-refractivity contribution in [2.24, 2.45) is 0 Å². The second kappa shape index (κ2) is 11.4. The molecule has 0 radical (unpaired) electrons. The number of nitrogens with zero attached hydrogens (tertiary/aromatic N) is 4. The van der Waals surface area contributed by atoms with Gasteiger partial charge in [0.1, 0.15) is 10.7 Å². The van der Waals surface area contributed by atoms with Gasteiger partial charge in [-0.15, -0.1) is 11.3 Å². The van der Waals surface area contributed by atoms with Crippen molar-refractivity contribution in [3.8, 4) is 0 Å². The van der Waals surface area contributed by atoms with Crippen molar-refractivity contribution in [1.29, 1.82) is 0 Å². The lowest BCUT2D eigenvalue weighted by molar-refractivity contribution is 0.0638. The van der Waals surface area contributed by atoms with E-state index in [2.05, 4.69) is 22.1 Å². The predicted octanol–water partition coefficient (Wildman–Crippen LogP) is 3.25. The molecular formula is C21H28ClN5O3S. The minimum Gasteiger partial charge on any atom is -0.383 e. The minimum absolute atomic E-state index is 0.0488. The molecule has 1 aliphatic heterocycles. The van der Waals surface area contributed by atoms with Crippen LogP contribution in [0.25, 0.3) is 0 Å². The fourth-order valence-electron chi connectivity index (χ4n) is 3.26. The zero-order valence-electron chi connectivity index (χ0n) is 17.8. The van der Waals surface area contributed by atoms with Gasteiger partial charge in [-0.1, -0.05) is 18.5 Å². The molecule has 0 unspecified atom stereocenters. The highest BCUT2D eigenvalue weighted by molar-refractivity contribution is 7.09. The number of methoxy groups -OCH3 is 1. The first-order valence-electron chi connectivity index (χ1n) is 10.3. The van der Waals surface area contributed by atoms with Crippen LogP contribution >= 0.6 is 22.9 Å². The molecular weight excluding hydrogens is 438 g/mol. The Bertz CT molecular complexity index is 868. The van der Waals surface area contributed by atoms with Crippen LogP contribution in [0.1, 0.15) is 22.4 Å². The van der Waals surface area contributed by atoms with Crippen LogP contribution < -0.4 is 5.32 Å². The number of hydrogen-bond donors (Lipinski definition) is 1. The molecule has 1 aromatic carbocycles. The molecule has 0 aliphatic carbocycles. The Morgan fingerprint density at radius 2 is 1.94 bits per heavy atom. The van der Waals surface area contributed by atoms with Gasteiger partial charge in [0.25, 0.3) is 5.91 Å². The van der Waals surface area contributed by atoms with Gasteiger partial charge in [-0.25, -0.2) is 9.78 Å². The number of piperazine rings is 1. The zero-order chi connectivity index (χ0) is 22.2. The van der Waals surface area contributed by atoms with Crippen molar-refractivity contribution in [2.45, 2.75) is 13.5 Å². The van der Waals surface area contributed by atoms with Crippen molar-refractivity contribution < 1.29 is 14.3 Å². The van der Waals surface area contributed by atoms with Crippen LogP contribution in [-0.2, 0) is 11.3 Å². The molecule has 1 saturated heterocycles. The van der Waals surface area contributed by atoms with E-state index >= 15 is 0 Å². The molecule has 3 rings (SSSR count). The summed E-state index contributed by atoms with van der Waals surface area (Å²) in [5, 5.41) is 5.94. The molecule has 0 spiro atoms. The fraction of sp³-hybridized carbons (Fsp3) is 0.476. The third-order valence-corrected chi connectivity index (χ3v) is 6.24. The second-order valence-electron chi connectivity index (χ2n) is 7.20. The van der Waals surface area contributed by atoms with Gasteiger partial charge >= 0.3 is 6.03 Å². The highest BCUT2D eigenvalue weighted by atomic mass is 35.5. The van der Waals surface area contributed by atoms with Crippen molar-refractivity contribution in [3.63, 3.8) is 0 Å². The van der Waals surface area contributed by atoms with Gasteiger partial charge in [0.2, 0.25) is 0 Å². The summed E-state index contributed by atoms with van der Waals surface area (Å²) in [6, 6.07) is 6.66. The van der Waals surface area contributed by atoms with E-state index in [1.165, 1.54) is 11.3 Å². The Hall–Kier alpha value is -2.20. The summed E-state index contributed by atoms with van der Waals surface area (Å²) in [7, 11) is 1.59. The van der Waals surface area contributed by atoms with Crippen LogP contribution in [-0.4, -0.2) is 84.6 Å². The molecule has 0 atom stereocenters. The van der Waals surface area contributed by atoms with E-state index in [1.54, 1.807) is 41.7 Å². The molecule has 31 heavy (non-hydrogen) atoms. The first kappa shape index (κ1) is 23.5. The molecule has 2 heterocycles. The number of likely N-dealkylation sites (N-methyl/N-ethyl adjacent to an activating group) is 1. The summed E-state index contributed by atoms with van der Waals surface area (Å²) in [6.07, 6.45) is 0. The molecule has 1 aromatic heterocycles. The van der Waals surface area contributed by atoms with Crippen molar-refractivity contribution >= 4 is 40.6 Å². The van der Waals surface area contributed by atoms with Crippen molar-refractivity contribution in [3.05, 3.63) is 45.4 Å². The Morgan fingerprint density at radius 1 is 1.23 bits per heavy atom. The predicted molar refractivity (Wildman–Crippen MR) is 123 cm³/mol. The number of halogens is 1. The summed E-state index contributed by atoms with van der Waals surface area (Å²) in [6.45, 7) is 7.41. The first-order valence-corrected chi connectivity index (χ1v) is 11.5. The lowest BCUT2D eigenvalue weighted by Crippen LogP contribution is -2.48. The van der Waals surface area contributed by atoms with Crippen LogP contribution in [0.3, 0.4) is 0 Å². The van der Waals surface area contributed by atoms with Crippen LogP contribution in [0.5, 0.6) is 0 Å². The lowest BCUT2D eigenvalue weighted by atomic mass is 10.3. The lowest BCUT2D eigenvalue weighted by Gasteiger charge is -2.33. The van der Waals surface area contributed by atoms with Gasteiger partial charge in [0, 0.05) is 55.9 Å². The number of urea groups is 1. The molecule has 10 heteroatoms. The second-order valence-corrected chi connectivity index (χ2v) is 8.58. The number of thiazole rings is 1. The Balaban J connectivity index is 1.62. The van der Waals surface area contributed by atoms with E-state index in [-0.39, 0.29) is 11.9 Å². The number of anilines is 1.